The molecule has 0 saturated heterocycles. The van der Waals surface area contributed by atoms with Gasteiger partial charge in [0.1, 0.15) is 5.82 Å². The quantitative estimate of drug-likeness (QED) is 0.874. The van der Waals surface area contributed by atoms with Crippen LogP contribution in [0.2, 0.25) is 0 Å². The van der Waals surface area contributed by atoms with E-state index in [2.05, 4.69) is 26.6 Å². The molecule has 1 aromatic carbocycles. The van der Waals surface area contributed by atoms with Gasteiger partial charge in [-0.3, -0.25) is 4.79 Å². The summed E-state index contributed by atoms with van der Waals surface area (Å²) in [6, 6.07) is 4.77. The molecule has 1 amide bonds. The van der Waals surface area contributed by atoms with E-state index in [0.29, 0.717) is 29.7 Å². The lowest BCUT2D eigenvalue weighted by atomic mass is 10.3. The summed E-state index contributed by atoms with van der Waals surface area (Å²) in [7, 11) is 0. The van der Waals surface area contributed by atoms with Crippen molar-refractivity contribution in [2.24, 2.45) is 0 Å². The summed E-state index contributed by atoms with van der Waals surface area (Å²) in [6.45, 7) is 2.99. The Hall–Kier alpha value is -1.10. The minimum atomic E-state index is -0.317. The zero-order valence-corrected chi connectivity index (χ0v) is 10.6. The van der Waals surface area contributed by atoms with Crippen molar-refractivity contribution in [3.63, 3.8) is 0 Å². The van der Waals surface area contributed by atoms with Crippen molar-refractivity contribution in [1.82, 2.24) is 5.32 Å². The van der Waals surface area contributed by atoms with Gasteiger partial charge in [-0.25, -0.2) is 4.39 Å². The molecule has 0 aliphatic carbocycles. The fourth-order valence-electron chi connectivity index (χ4n) is 1.21. The Morgan fingerprint density at radius 2 is 2.25 bits per heavy atom. The molecule has 1 rings (SSSR count). The maximum Gasteiger partial charge on any atom is 0.221 e. The molecule has 1 aromatic rings. The maximum absolute atomic E-state index is 13.1. The van der Waals surface area contributed by atoms with E-state index < -0.39 is 0 Å². The number of carbonyl (C=O) groups is 1. The molecule has 0 heterocycles. The minimum absolute atomic E-state index is 0.00687. The SMILES string of the molecule is CCNC(=O)CCNc1ccc(Br)c(F)c1. The van der Waals surface area contributed by atoms with E-state index in [1.54, 1.807) is 12.1 Å². The topological polar surface area (TPSA) is 41.1 Å². The first-order chi connectivity index (χ1) is 7.63. The first kappa shape index (κ1) is 13.0. The summed E-state index contributed by atoms with van der Waals surface area (Å²) in [5.74, 6) is -0.324. The molecule has 88 valence electrons. The van der Waals surface area contributed by atoms with Crippen LogP contribution >= 0.6 is 15.9 Å². The second-order valence-corrected chi connectivity index (χ2v) is 4.11. The predicted octanol–water partition coefficient (Wildman–Crippen LogP) is 2.53. The summed E-state index contributed by atoms with van der Waals surface area (Å²) in [6.07, 6.45) is 0.380. The summed E-state index contributed by atoms with van der Waals surface area (Å²) >= 11 is 3.07. The number of halogens is 2. The van der Waals surface area contributed by atoms with Crippen LogP contribution < -0.4 is 10.6 Å². The Morgan fingerprint density at radius 1 is 1.50 bits per heavy atom. The number of carbonyl (C=O) groups excluding carboxylic acids is 1. The molecule has 0 unspecified atom stereocenters. The summed E-state index contributed by atoms with van der Waals surface area (Å²) in [5, 5.41) is 5.67. The molecular weight excluding hydrogens is 275 g/mol. The average Bonchev–Trinajstić information content (AvgIpc) is 2.24. The van der Waals surface area contributed by atoms with E-state index in [9.17, 15) is 9.18 Å². The molecule has 16 heavy (non-hydrogen) atoms. The van der Waals surface area contributed by atoms with Crippen LogP contribution in [0.5, 0.6) is 0 Å². The van der Waals surface area contributed by atoms with Crippen molar-refractivity contribution >= 4 is 27.5 Å². The molecule has 0 aromatic heterocycles. The highest BCUT2D eigenvalue weighted by molar-refractivity contribution is 9.10. The van der Waals surface area contributed by atoms with Crippen LogP contribution in [0.25, 0.3) is 0 Å². The maximum atomic E-state index is 13.1. The van der Waals surface area contributed by atoms with Crippen molar-refractivity contribution in [3.8, 4) is 0 Å². The Morgan fingerprint density at radius 3 is 2.88 bits per heavy atom. The third-order valence-electron chi connectivity index (χ3n) is 1.97. The van der Waals surface area contributed by atoms with Crippen molar-refractivity contribution in [3.05, 3.63) is 28.5 Å². The number of benzene rings is 1. The number of hydrogen-bond acceptors (Lipinski definition) is 2. The zero-order valence-electron chi connectivity index (χ0n) is 9.02. The highest BCUT2D eigenvalue weighted by Gasteiger charge is 2.01. The molecule has 0 aliphatic rings. The van der Waals surface area contributed by atoms with Gasteiger partial charge in [-0.2, -0.15) is 0 Å². The van der Waals surface area contributed by atoms with Gasteiger partial charge in [0.2, 0.25) is 5.91 Å². The Bertz CT molecular complexity index is 371. The Balaban J connectivity index is 2.37. The molecule has 2 N–H and O–H groups in total. The van der Waals surface area contributed by atoms with Gasteiger partial charge in [-0.1, -0.05) is 0 Å². The second-order valence-electron chi connectivity index (χ2n) is 3.26. The first-order valence-electron chi connectivity index (χ1n) is 5.09. The lowest BCUT2D eigenvalue weighted by molar-refractivity contribution is -0.120. The fraction of sp³-hybridized carbons (Fsp3) is 0.364. The molecular formula is C11H14BrFN2O. The predicted molar refractivity (Wildman–Crippen MR) is 65.9 cm³/mol. The summed E-state index contributed by atoms with van der Waals surface area (Å²) < 4.78 is 13.6. The summed E-state index contributed by atoms with van der Waals surface area (Å²) in [4.78, 5) is 11.1. The largest absolute Gasteiger partial charge is 0.384 e. The van der Waals surface area contributed by atoms with Crippen molar-refractivity contribution in [1.29, 1.82) is 0 Å². The van der Waals surface area contributed by atoms with Crippen molar-refractivity contribution < 1.29 is 9.18 Å². The van der Waals surface area contributed by atoms with Gasteiger partial charge in [-0.15, -0.1) is 0 Å². The standard InChI is InChI=1S/C11H14BrFN2O/c1-2-14-11(16)5-6-15-8-3-4-9(12)10(13)7-8/h3-4,7,15H,2,5-6H2,1H3,(H,14,16). The number of nitrogens with one attached hydrogen (secondary N) is 2. The molecule has 5 heteroatoms. The average molecular weight is 289 g/mol. The fourth-order valence-corrected chi connectivity index (χ4v) is 1.46. The third-order valence-corrected chi connectivity index (χ3v) is 2.62. The van der Waals surface area contributed by atoms with Crippen molar-refractivity contribution in [2.45, 2.75) is 13.3 Å². The number of rotatable bonds is 5. The van der Waals surface area contributed by atoms with E-state index in [0.717, 1.165) is 0 Å². The highest BCUT2D eigenvalue weighted by Crippen LogP contribution is 2.19. The summed E-state index contributed by atoms with van der Waals surface area (Å²) in [5.41, 5.74) is 0.671. The van der Waals surface area contributed by atoms with Gasteiger partial charge < -0.3 is 10.6 Å². The molecule has 0 radical (unpaired) electrons. The van der Waals surface area contributed by atoms with E-state index >= 15 is 0 Å². The van der Waals surface area contributed by atoms with E-state index in [-0.39, 0.29) is 11.7 Å². The van der Waals surface area contributed by atoms with E-state index in [1.165, 1.54) is 6.07 Å². The van der Waals surface area contributed by atoms with E-state index in [4.69, 9.17) is 0 Å². The van der Waals surface area contributed by atoms with Gasteiger partial charge in [0, 0.05) is 25.2 Å². The van der Waals surface area contributed by atoms with Crippen LogP contribution in [-0.4, -0.2) is 19.0 Å². The van der Waals surface area contributed by atoms with Crippen LogP contribution in [0, 0.1) is 5.82 Å². The lowest BCUT2D eigenvalue weighted by Crippen LogP contribution is -2.24. The van der Waals surface area contributed by atoms with Crippen LogP contribution in [0.1, 0.15) is 13.3 Å². The zero-order chi connectivity index (χ0) is 12.0. The van der Waals surface area contributed by atoms with Gasteiger partial charge in [0.25, 0.3) is 0 Å². The molecule has 0 aliphatic heterocycles. The smallest absolute Gasteiger partial charge is 0.221 e. The molecule has 0 saturated carbocycles. The lowest BCUT2D eigenvalue weighted by Gasteiger charge is -2.06. The first-order valence-corrected chi connectivity index (χ1v) is 5.88. The molecule has 0 bridgehead atoms. The van der Waals surface area contributed by atoms with Crippen LogP contribution in [0.15, 0.2) is 22.7 Å². The van der Waals surface area contributed by atoms with Crippen LogP contribution in [0.3, 0.4) is 0 Å². The Kier molecular flexibility index (Phi) is 5.25. The number of anilines is 1. The normalized spacial score (nSPS) is 9.94. The van der Waals surface area contributed by atoms with Gasteiger partial charge in [0.05, 0.1) is 4.47 Å². The van der Waals surface area contributed by atoms with Gasteiger partial charge in [0.15, 0.2) is 0 Å². The van der Waals surface area contributed by atoms with E-state index in [1.807, 2.05) is 6.92 Å². The molecule has 3 nitrogen and oxygen atoms in total. The van der Waals surface area contributed by atoms with Gasteiger partial charge >= 0.3 is 0 Å². The number of hydrogen-bond donors (Lipinski definition) is 2. The van der Waals surface area contributed by atoms with Gasteiger partial charge in [-0.05, 0) is 41.1 Å². The Labute approximate surface area is 103 Å². The van der Waals surface area contributed by atoms with Crippen LogP contribution in [-0.2, 0) is 4.79 Å². The monoisotopic (exact) mass is 288 g/mol. The minimum Gasteiger partial charge on any atom is -0.384 e. The molecule has 0 atom stereocenters. The van der Waals surface area contributed by atoms with Crippen LogP contribution in [0.4, 0.5) is 10.1 Å². The third kappa shape index (κ3) is 4.18. The molecule has 0 spiro atoms. The second kappa shape index (κ2) is 6.48. The van der Waals surface area contributed by atoms with Crippen molar-refractivity contribution in [2.75, 3.05) is 18.4 Å². The molecule has 0 fully saturated rings. The number of amides is 1. The highest BCUT2D eigenvalue weighted by atomic mass is 79.9.